The van der Waals surface area contributed by atoms with Crippen LogP contribution in [0.5, 0.6) is 0 Å². The predicted octanol–water partition coefficient (Wildman–Crippen LogP) is 0.273. The molecule has 2 atom stereocenters. The van der Waals surface area contributed by atoms with E-state index in [1.165, 1.54) is 0 Å². The topological polar surface area (TPSA) is 76.5 Å². The SMILES string of the molecule is COCCN1C(=O)CC[C@@H](C(=O)NCCn2cccn2)[C@H]1C. The van der Waals surface area contributed by atoms with Gasteiger partial charge in [0.05, 0.1) is 19.1 Å². The van der Waals surface area contributed by atoms with Crippen LogP contribution in [0.2, 0.25) is 0 Å². The van der Waals surface area contributed by atoms with Crippen LogP contribution >= 0.6 is 0 Å². The van der Waals surface area contributed by atoms with E-state index in [4.69, 9.17) is 4.74 Å². The van der Waals surface area contributed by atoms with E-state index < -0.39 is 0 Å². The number of hydrogen-bond donors (Lipinski definition) is 1. The minimum atomic E-state index is -0.160. The van der Waals surface area contributed by atoms with Crippen molar-refractivity contribution in [2.75, 3.05) is 26.8 Å². The number of ether oxygens (including phenoxy) is 1. The van der Waals surface area contributed by atoms with Gasteiger partial charge in [-0.25, -0.2) is 0 Å². The maximum Gasteiger partial charge on any atom is 0.225 e. The van der Waals surface area contributed by atoms with Gasteiger partial charge < -0.3 is 15.0 Å². The summed E-state index contributed by atoms with van der Waals surface area (Å²) in [5.74, 6) is -0.0492. The third-order valence-corrected chi connectivity index (χ3v) is 4.14. The zero-order valence-corrected chi connectivity index (χ0v) is 13.2. The van der Waals surface area contributed by atoms with Crippen LogP contribution in [0.25, 0.3) is 0 Å². The Kier molecular flexibility index (Phi) is 5.94. The number of nitrogens with zero attached hydrogens (tertiary/aromatic N) is 3. The van der Waals surface area contributed by atoms with Gasteiger partial charge in [-0.3, -0.25) is 14.3 Å². The highest BCUT2D eigenvalue weighted by molar-refractivity contribution is 5.84. The van der Waals surface area contributed by atoms with Crippen LogP contribution in [-0.4, -0.2) is 59.3 Å². The van der Waals surface area contributed by atoms with Crippen molar-refractivity contribution in [3.05, 3.63) is 18.5 Å². The zero-order valence-electron chi connectivity index (χ0n) is 13.2. The molecule has 7 nitrogen and oxygen atoms in total. The highest BCUT2D eigenvalue weighted by Gasteiger charge is 2.36. The predicted molar refractivity (Wildman–Crippen MR) is 81.0 cm³/mol. The van der Waals surface area contributed by atoms with Crippen LogP contribution in [0, 0.1) is 5.92 Å². The third kappa shape index (κ3) is 4.07. The molecule has 0 spiro atoms. The van der Waals surface area contributed by atoms with E-state index in [0.29, 0.717) is 39.1 Å². The fourth-order valence-electron chi connectivity index (χ4n) is 2.83. The monoisotopic (exact) mass is 308 g/mol. The quantitative estimate of drug-likeness (QED) is 0.784. The number of rotatable bonds is 7. The zero-order chi connectivity index (χ0) is 15.9. The van der Waals surface area contributed by atoms with Gasteiger partial charge in [0.25, 0.3) is 0 Å². The van der Waals surface area contributed by atoms with Gasteiger partial charge in [0.1, 0.15) is 0 Å². The fourth-order valence-corrected chi connectivity index (χ4v) is 2.83. The van der Waals surface area contributed by atoms with Crippen molar-refractivity contribution in [3.63, 3.8) is 0 Å². The lowest BCUT2D eigenvalue weighted by Crippen LogP contribution is -2.52. The van der Waals surface area contributed by atoms with Crippen molar-refractivity contribution in [2.45, 2.75) is 32.4 Å². The average molecular weight is 308 g/mol. The number of carbonyl (C=O) groups is 2. The molecule has 1 aliphatic heterocycles. The van der Waals surface area contributed by atoms with E-state index in [1.54, 1.807) is 22.9 Å². The molecule has 0 aromatic carbocycles. The second kappa shape index (κ2) is 7.93. The number of piperidine rings is 1. The number of amides is 2. The largest absolute Gasteiger partial charge is 0.383 e. The molecule has 0 unspecified atom stereocenters. The van der Waals surface area contributed by atoms with Gasteiger partial charge in [0.2, 0.25) is 11.8 Å². The maximum absolute atomic E-state index is 12.4. The van der Waals surface area contributed by atoms with Gasteiger partial charge in [-0.15, -0.1) is 0 Å². The Morgan fingerprint density at radius 1 is 1.50 bits per heavy atom. The lowest BCUT2D eigenvalue weighted by atomic mass is 9.89. The number of carbonyl (C=O) groups excluding carboxylic acids is 2. The van der Waals surface area contributed by atoms with Crippen molar-refractivity contribution >= 4 is 11.8 Å². The molecular formula is C15H24N4O3. The summed E-state index contributed by atoms with van der Waals surface area (Å²) in [6.45, 7) is 4.14. The van der Waals surface area contributed by atoms with E-state index in [-0.39, 0.29) is 23.8 Å². The first-order valence-corrected chi connectivity index (χ1v) is 7.67. The van der Waals surface area contributed by atoms with Gasteiger partial charge in [-0.1, -0.05) is 0 Å². The Morgan fingerprint density at radius 2 is 2.32 bits per heavy atom. The number of aromatic nitrogens is 2. The van der Waals surface area contributed by atoms with Gasteiger partial charge in [-0.05, 0) is 19.4 Å². The normalized spacial score (nSPS) is 21.9. The lowest BCUT2D eigenvalue weighted by molar-refractivity contribution is -0.143. The lowest BCUT2D eigenvalue weighted by Gasteiger charge is -2.38. The number of nitrogens with one attached hydrogen (secondary N) is 1. The summed E-state index contributed by atoms with van der Waals surface area (Å²) in [4.78, 5) is 26.1. The summed E-state index contributed by atoms with van der Waals surface area (Å²) in [7, 11) is 1.61. The Morgan fingerprint density at radius 3 is 3.00 bits per heavy atom. The van der Waals surface area contributed by atoms with Crippen LogP contribution in [0.1, 0.15) is 19.8 Å². The van der Waals surface area contributed by atoms with E-state index >= 15 is 0 Å². The summed E-state index contributed by atoms with van der Waals surface area (Å²) in [5.41, 5.74) is 0. The summed E-state index contributed by atoms with van der Waals surface area (Å²) in [5, 5.41) is 7.04. The van der Waals surface area contributed by atoms with Crippen LogP contribution < -0.4 is 5.32 Å². The Balaban J connectivity index is 1.84. The molecule has 1 aromatic heterocycles. The molecule has 1 fully saturated rings. The van der Waals surface area contributed by atoms with Crippen LogP contribution in [0.3, 0.4) is 0 Å². The fraction of sp³-hybridized carbons (Fsp3) is 0.667. The van der Waals surface area contributed by atoms with Crippen molar-refractivity contribution in [1.82, 2.24) is 20.0 Å². The number of methoxy groups -OCH3 is 1. The third-order valence-electron chi connectivity index (χ3n) is 4.14. The molecule has 1 N–H and O–H groups in total. The van der Waals surface area contributed by atoms with E-state index in [1.807, 2.05) is 19.2 Å². The minimum Gasteiger partial charge on any atom is -0.383 e. The Hall–Kier alpha value is -1.89. The molecule has 1 saturated heterocycles. The maximum atomic E-state index is 12.4. The first-order chi connectivity index (χ1) is 10.6. The molecule has 0 radical (unpaired) electrons. The average Bonchev–Trinajstić information content (AvgIpc) is 3.00. The van der Waals surface area contributed by atoms with Crippen molar-refractivity contribution in [2.24, 2.45) is 5.92 Å². The molecule has 0 aliphatic carbocycles. The molecule has 1 aromatic rings. The van der Waals surface area contributed by atoms with Gasteiger partial charge >= 0.3 is 0 Å². The minimum absolute atomic E-state index is 0.00886. The van der Waals surface area contributed by atoms with E-state index in [9.17, 15) is 9.59 Å². The molecule has 0 bridgehead atoms. The standard InChI is InChI=1S/C15H24N4O3/c1-12-13(4-5-14(20)19(12)10-11-22-2)15(21)16-7-9-18-8-3-6-17-18/h3,6,8,12-13H,4-5,7,9-11H2,1-2H3,(H,16,21)/t12-,13-/m1/s1. The molecule has 2 rings (SSSR count). The first-order valence-electron chi connectivity index (χ1n) is 7.67. The second-order valence-electron chi connectivity index (χ2n) is 5.53. The van der Waals surface area contributed by atoms with Crippen LogP contribution in [0.15, 0.2) is 18.5 Å². The number of hydrogen-bond acceptors (Lipinski definition) is 4. The summed E-state index contributed by atoms with van der Waals surface area (Å²) in [6, 6.07) is 1.76. The van der Waals surface area contributed by atoms with Crippen LogP contribution in [0.4, 0.5) is 0 Å². The summed E-state index contributed by atoms with van der Waals surface area (Å²) >= 11 is 0. The van der Waals surface area contributed by atoms with E-state index in [2.05, 4.69) is 10.4 Å². The molecule has 22 heavy (non-hydrogen) atoms. The van der Waals surface area contributed by atoms with Crippen molar-refractivity contribution < 1.29 is 14.3 Å². The molecule has 1 aliphatic rings. The smallest absolute Gasteiger partial charge is 0.225 e. The highest BCUT2D eigenvalue weighted by Crippen LogP contribution is 2.24. The molecule has 0 saturated carbocycles. The second-order valence-corrected chi connectivity index (χ2v) is 5.53. The first kappa shape index (κ1) is 16.5. The molecule has 7 heteroatoms. The molecule has 122 valence electrons. The Labute approximate surface area is 130 Å². The van der Waals surface area contributed by atoms with Crippen molar-refractivity contribution in [3.8, 4) is 0 Å². The van der Waals surface area contributed by atoms with Crippen LogP contribution in [-0.2, 0) is 20.9 Å². The summed E-state index contributed by atoms with van der Waals surface area (Å²) in [6.07, 6.45) is 4.60. The van der Waals surface area contributed by atoms with Gasteiger partial charge in [0.15, 0.2) is 0 Å². The molecular weight excluding hydrogens is 284 g/mol. The highest BCUT2D eigenvalue weighted by atomic mass is 16.5. The number of likely N-dealkylation sites (tertiary alicyclic amines) is 1. The molecule has 2 heterocycles. The summed E-state index contributed by atoms with van der Waals surface area (Å²) < 4.78 is 6.82. The van der Waals surface area contributed by atoms with Gasteiger partial charge in [-0.2, -0.15) is 5.10 Å². The van der Waals surface area contributed by atoms with Crippen molar-refractivity contribution in [1.29, 1.82) is 0 Å². The van der Waals surface area contributed by atoms with E-state index in [0.717, 1.165) is 0 Å². The Bertz CT molecular complexity index is 489. The molecule has 2 amide bonds. The van der Waals surface area contributed by atoms with Gasteiger partial charge in [0, 0.05) is 45.1 Å².